The summed E-state index contributed by atoms with van der Waals surface area (Å²) in [6.07, 6.45) is 39.7. The summed E-state index contributed by atoms with van der Waals surface area (Å²) in [6, 6.07) is 0. The van der Waals surface area contributed by atoms with Gasteiger partial charge in [0.1, 0.15) is 19.8 Å². The summed E-state index contributed by atoms with van der Waals surface area (Å²) < 4.78 is 33.7. The van der Waals surface area contributed by atoms with Crippen LogP contribution < -0.4 is 4.89 Å². The lowest BCUT2D eigenvalue weighted by Crippen LogP contribution is -2.37. The molecule has 0 aliphatic rings. The Bertz CT molecular complexity index is 1080. The van der Waals surface area contributed by atoms with E-state index >= 15 is 0 Å². The molecular weight excluding hydrogens is 677 g/mol. The summed E-state index contributed by atoms with van der Waals surface area (Å²) in [6.45, 7) is 4.02. The number of esters is 2. The second kappa shape index (κ2) is 34.5. The average molecular weight is 752 g/mol. The molecule has 2 atom stereocenters. The van der Waals surface area contributed by atoms with Gasteiger partial charge in [0, 0.05) is 12.8 Å². The second-order valence-corrected chi connectivity index (χ2v) is 15.7. The number of unbranched alkanes of at least 4 members (excludes halogenated alkanes) is 11. The molecule has 300 valence electrons. The smallest absolute Gasteiger partial charge is 0.306 e. The Morgan fingerprint density at radius 1 is 0.615 bits per heavy atom. The number of allylic oxidation sites excluding steroid dienone is 10. The standard InChI is InChI=1S/C42H74NO8P/c1-6-8-10-12-14-16-17-18-19-20-21-22-23-24-25-27-29-31-33-35-42(45)51-40(39-50-52(46,47)49-37-36-43(3,4)5)38-48-41(44)34-32-30-28-26-15-13-11-9-7-2/h8,10,14,16,18-19,21-22,24-25,40H,6-7,9,11-13,15,17,20,23,26-39H2,1-5H3/b10-8-,16-14-,19-18-,22-21-,25-24-. The maximum atomic E-state index is 12.6. The number of phosphoric ester groups is 1. The Morgan fingerprint density at radius 3 is 1.63 bits per heavy atom. The highest BCUT2D eigenvalue weighted by Gasteiger charge is 2.21. The molecule has 0 saturated heterocycles. The van der Waals surface area contributed by atoms with Crippen LogP contribution in [0, 0.1) is 0 Å². The van der Waals surface area contributed by atoms with Gasteiger partial charge in [-0.2, -0.15) is 0 Å². The zero-order valence-electron chi connectivity index (χ0n) is 33.5. The molecule has 0 N–H and O–H groups in total. The zero-order chi connectivity index (χ0) is 38.6. The van der Waals surface area contributed by atoms with Crippen molar-refractivity contribution in [2.75, 3.05) is 47.5 Å². The van der Waals surface area contributed by atoms with E-state index in [-0.39, 0.29) is 26.1 Å². The predicted octanol–water partition coefficient (Wildman–Crippen LogP) is 10.3. The molecule has 9 nitrogen and oxygen atoms in total. The third-order valence-electron chi connectivity index (χ3n) is 8.05. The maximum absolute atomic E-state index is 12.6. The minimum Gasteiger partial charge on any atom is -0.756 e. The van der Waals surface area contributed by atoms with Crippen molar-refractivity contribution in [3.05, 3.63) is 60.8 Å². The Kier molecular flexibility index (Phi) is 33.0. The molecule has 0 heterocycles. The van der Waals surface area contributed by atoms with E-state index in [0.717, 1.165) is 70.6 Å². The number of nitrogens with zero attached hydrogens (tertiary/aromatic N) is 1. The van der Waals surface area contributed by atoms with Crippen LogP contribution in [0.25, 0.3) is 0 Å². The van der Waals surface area contributed by atoms with Crippen molar-refractivity contribution in [2.45, 2.75) is 148 Å². The molecule has 52 heavy (non-hydrogen) atoms. The van der Waals surface area contributed by atoms with Crippen LogP contribution in [0.2, 0.25) is 0 Å². The number of hydrogen-bond acceptors (Lipinski definition) is 8. The van der Waals surface area contributed by atoms with Crippen LogP contribution in [-0.2, 0) is 32.7 Å². The van der Waals surface area contributed by atoms with E-state index in [9.17, 15) is 19.0 Å². The van der Waals surface area contributed by atoms with Crippen LogP contribution in [0.4, 0.5) is 0 Å². The monoisotopic (exact) mass is 752 g/mol. The van der Waals surface area contributed by atoms with Crippen molar-refractivity contribution in [1.29, 1.82) is 0 Å². The number of carbonyl (C=O) groups excluding carboxylic acids is 2. The minimum absolute atomic E-state index is 0.0396. The first kappa shape index (κ1) is 49.7. The van der Waals surface area contributed by atoms with Gasteiger partial charge in [-0.05, 0) is 57.8 Å². The fraction of sp³-hybridized carbons (Fsp3) is 0.714. The van der Waals surface area contributed by atoms with E-state index in [0.29, 0.717) is 17.4 Å². The SMILES string of the molecule is CC/C=C\C/C=C\C/C=C\C/C=C\C/C=C\CCCCCC(=O)OC(COC(=O)CCCCCCCCCCC)COP(=O)([O-])OCC[N+](C)(C)C. The second-order valence-electron chi connectivity index (χ2n) is 14.3. The Labute approximate surface area is 317 Å². The van der Waals surface area contributed by atoms with Gasteiger partial charge in [-0.25, -0.2) is 0 Å². The summed E-state index contributed by atoms with van der Waals surface area (Å²) in [5, 5.41) is 0. The van der Waals surface area contributed by atoms with Gasteiger partial charge in [-0.1, -0.05) is 132 Å². The van der Waals surface area contributed by atoms with Gasteiger partial charge in [0.25, 0.3) is 7.82 Å². The number of rotatable bonds is 35. The molecule has 0 rings (SSSR count). The molecule has 0 amide bonds. The molecule has 0 aromatic heterocycles. The van der Waals surface area contributed by atoms with Crippen LogP contribution in [0.3, 0.4) is 0 Å². The van der Waals surface area contributed by atoms with Gasteiger partial charge in [0.2, 0.25) is 0 Å². The van der Waals surface area contributed by atoms with E-state index in [4.69, 9.17) is 18.5 Å². The van der Waals surface area contributed by atoms with Crippen molar-refractivity contribution < 1.29 is 42.1 Å². The summed E-state index contributed by atoms with van der Waals surface area (Å²) in [5.41, 5.74) is 0. The fourth-order valence-electron chi connectivity index (χ4n) is 4.91. The number of quaternary nitrogens is 1. The first-order valence-electron chi connectivity index (χ1n) is 20.0. The van der Waals surface area contributed by atoms with E-state index in [1.165, 1.54) is 38.5 Å². The third kappa shape index (κ3) is 37.5. The van der Waals surface area contributed by atoms with Crippen LogP contribution >= 0.6 is 7.82 Å². The van der Waals surface area contributed by atoms with Gasteiger partial charge >= 0.3 is 11.9 Å². The van der Waals surface area contributed by atoms with Crippen LogP contribution in [0.5, 0.6) is 0 Å². The lowest BCUT2D eigenvalue weighted by molar-refractivity contribution is -0.870. The van der Waals surface area contributed by atoms with Crippen LogP contribution in [0.1, 0.15) is 142 Å². The Morgan fingerprint density at radius 2 is 1.10 bits per heavy atom. The van der Waals surface area contributed by atoms with E-state index in [1.807, 2.05) is 21.1 Å². The highest BCUT2D eigenvalue weighted by atomic mass is 31.2. The first-order chi connectivity index (χ1) is 25.0. The molecule has 0 saturated carbocycles. The van der Waals surface area contributed by atoms with Gasteiger partial charge in [-0.15, -0.1) is 0 Å². The van der Waals surface area contributed by atoms with Crippen molar-refractivity contribution in [3.63, 3.8) is 0 Å². The lowest BCUT2D eigenvalue weighted by Gasteiger charge is -2.28. The molecule has 10 heteroatoms. The summed E-state index contributed by atoms with van der Waals surface area (Å²) in [5.74, 6) is -0.881. The molecule has 0 aromatic rings. The number of phosphoric acid groups is 1. The van der Waals surface area contributed by atoms with Crippen molar-refractivity contribution in [2.24, 2.45) is 0 Å². The summed E-state index contributed by atoms with van der Waals surface area (Å²) in [7, 11) is 1.13. The topological polar surface area (TPSA) is 111 Å². The van der Waals surface area contributed by atoms with Crippen LogP contribution in [-0.4, -0.2) is 70.0 Å². The molecule has 0 bridgehead atoms. The highest BCUT2D eigenvalue weighted by Crippen LogP contribution is 2.38. The minimum atomic E-state index is -4.63. The molecular formula is C42H74NO8P. The van der Waals surface area contributed by atoms with Gasteiger partial charge < -0.3 is 27.9 Å². The van der Waals surface area contributed by atoms with Gasteiger partial charge in [0.15, 0.2) is 6.10 Å². The van der Waals surface area contributed by atoms with Crippen molar-refractivity contribution >= 4 is 19.8 Å². The average Bonchev–Trinajstić information content (AvgIpc) is 3.09. The lowest BCUT2D eigenvalue weighted by atomic mass is 10.1. The third-order valence-corrected chi connectivity index (χ3v) is 9.02. The molecule has 2 unspecified atom stereocenters. The normalized spacial score (nSPS) is 14.3. The quantitative estimate of drug-likeness (QED) is 0.0207. The largest absolute Gasteiger partial charge is 0.756 e. The molecule has 0 radical (unpaired) electrons. The number of ether oxygens (including phenoxy) is 2. The summed E-state index contributed by atoms with van der Waals surface area (Å²) >= 11 is 0. The predicted molar refractivity (Wildman–Crippen MR) is 213 cm³/mol. The van der Waals surface area contributed by atoms with Crippen LogP contribution in [0.15, 0.2) is 60.8 Å². The van der Waals surface area contributed by atoms with Gasteiger partial charge in [-0.3, -0.25) is 14.2 Å². The maximum Gasteiger partial charge on any atom is 0.306 e. The molecule has 0 spiro atoms. The Balaban J connectivity index is 4.46. The first-order valence-corrected chi connectivity index (χ1v) is 21.5. The highest BCUT2D eigenvalue weighted by molar-refractivity contribution is 7.45. The summed E-state index contributed by atoms with van der Waals surface area (Å²) in [4.78, 5) is 37.3. The molecule has 0 aromatic carbocycles. The number of carbonyl (C=O) groups is 2. The molecule has 0 fully saturated rings. The van der Waals surface area contributed by atoms with Crippen molar-refractivity contribution in [3.8, 4) is 0 Å². The molecule has 0 aliphatic heterocycles. The molecule has 0 aliphatic carbocycles. The van der Waals surface area contributed by atoms with E-state index in [2.05, 4.69) is 74.6 Å². The fourth-order valence-corrected chi connectivity index (χ4v) is 5.64. The number of likely N-dealkylation sites (N-methyl/N-ethyl adjacent to an activating group) is 1. The number of hydrogen-bond donors (Lipinski definition) is 0. The zero-order valence-corrected chi connectivity index (χ0v) is 34.4. The van der Waals surface area contributed by atoms with E-state index in [1.54, 1.807) is 0 Å². The Hall–Kier alpha value is -2.29. The van der Waals surface area contributed by atoms with Gasteiger partial charge in [0.05, 0.1) is 27.7 Å². The van der Waals surface area contributed by atoms with E-state index < -0.39 is 32.5 Å². The van der Waals surface area contributed by atoms with Crippen molar-refractivity contribution in [1.82, 2.24) is 0 Å².